The summed E-state index contributed by atoms with van der Waals surface area (Å²) in [6, 6.07) is 18.3. The van der Waals surface area contributed by atoms with E-state index in [1.807, 2.05) is 0 Å². The third-order valence-electron chi connectivity index (χ3n) is 3.65. The fourth-order valence-corrected chi connectivity index (χ4v) is 4.63. The first kappa shape index (κ1) is 20.4. The number of nitrogens with zero attached hydrogens (tertiary/aromatic N) is 1. The zero-order chi connectivity index (χ0) is 20.1. The molecule has 0 atom stereocenters. The Kier molecular flexibility index (Phi) is 6.38. The predicted molar refractivity (Wildman–Crippen MR) is 118 cm³/mol. The van der Waals surface area contributed by atoms with Crippen molar-refractivity contribution in [3.05, 3.63) is 81.2 Å². The Hall–Kier alpha value is -2.36. The van der Waals surface area contributed by atoms with Gasteiger partial charge in [0.15, 0.2) is 0 Å². The highest BCUT2D eigenvalue weighted by Crippen LogP contribution is 2.30. The summed E-state index contributed by atoms with van der Waals surface area (Å²) in [4.78, 5) is 0.196. The third kappa shape index (κ3) is 5.12. The molecule has 0 radical (unpaired) electrons. The molecule has 3 N–H and O–H groups in total. The normalized spacial score (nSPS) is 11.5. The third-order valence-corrected chi connectivity index (χ3v) is 6.11. The molecular formula is C19H15Br2N3O3S. The second kappa shape index (κ2) is 8.76. The number of hydrogen-bond acceptors (Lipinski definition) is 5. The number of anilines is 2. The van der Waals surface area contributed by atoms with Gasteiger partial charge in [-0.2, -0.15) is 5.10 Å². The van der Waals surface area contributed by atoms with E-state index in [1.54, 1.807) is 54.6 Å². The quantitative estimate of drug-likeness (QED) is 0.306. The van der Waals surface area contributed by atoms with Gasteiger partial charge in [-0.1, -0.05) is 34.1 Å². The van der Waals surface area contributed by atoms with Crippen molar-refractivity contribution in [2.45, 2.75) is 4.90 Å². The van der Waals surface area contributed by atoms with Gasteiger partial charge in [0.25, 0.3) is 10.0 Å². The summed E-state index contributed by atoms with van der Waals surface area (Å²) in [5.41, 5.74) is 4.46. The summed E-state index contributed by atoms with van der Waals surface area (Å²) in [5, 5.41) is 14.1. The second-order valence-corrected chi connectivity index (χ2v) is 9.14. The molecule has 3 aromatic carbocycles. The Labute approximate surface area is 179 Å². The van der Waals surface area contributed by atoms with Gasteiger partial charge in [0.1, 0.15) is 5.75 Å². The number of nitrogens with one attached hydrogen (secondary N) is 2. The Balaban J connectivity index is 1.67. The molecule has 0 bridgehead atoms. The first-order chi connectivity index (χ1) is 13.3. The van der Waals surface area contributed by atoms with Crippen molar-refractivity contribution < 1.29 is 13.5 Å². The number of phenolic OH excluding ortho intramolecular Hbond substituents is 1. The maximum Gasteiger partial charge on any atom is 0.261 e. The van der Waals surface area contributed by atoms with Crippen LogP contribution >= 0.6 is 31.9 Å². The molecule has 0 fully saturated rings. The molecule has 6 nitrogen and oxygen atoms in total. The zero-order valence-electron chi connectivity index (χ0n) is 14.3. The Morgan fingerprint density at radius 3 is 2.25 bits per heavy atom. The lowest BCUT2D eigenvalue weighted by Crippen LogP contribution is -2.12. The molecule has 0 aliphatic rings. The van der Waals surface area contributed by atoms with E-state index in [4.69, 9.17) is 0 Å². The number of phenols is 1. The SMILES string of the molecule is O=S(=O)(Nc1ccc(N/N=C/c2cc(Br)cc(Br)c2O)cc1)c1ccccc1. The van der Waals surface area contributed by atoms with Gasteiger partial charge in [-0.05, 0) is 64.5 Å². The van der Waals surface area contributed by atoms with E-state index in [9.17, 15) is 13.5 Å². The van der Waals surface area contributed by atoms with Crippen molar-refractivity contribution >= 4 is 59.5 Å². The first-order valence-electron chi connectivity index (χ1n) is 8.00. The Bertz CT molecular complexity index is 1100. The van der Waals surface area contributed by atoms with Crippen LogP contribution in [0.15, 0.2) is 85.7 Å². The molecule has 0 unspecified atom stereocenters. The molecule has 0 saturated heterocycles. The second-order valence-electron chi connectivity index (χ2n) is 5.69. The number of aromatic hydroxyl groups is 1. The summed E-state index contributed by atoms with van der Waals surface area (Å²) >= 11 is 6.62. The van der Waals surface area contributed by atoms with E-state index in [0.29, 0.717) is 21.4 Å². The molecule has 0 amide bonds. The van der Waals surface area contributed by atoms with Gasteiger partial charge in [0.2, 0.25) is 0 Å². The van der Waals surface area contributed by atoms with Gasteiger partial charge in [0, 0.05) is 15.7 Å². The largest absolute Gasteiger partial charge is 0.506 e. The Morgan fingerprint density at radius 2 is 1.57 bits per heavy atom. The predicted octanol–water partition coefficient (Wildman–Crippen LogP) is 5.16. The van der Waals surface area contributed by atoms with Crippen LogP contribution in [0.5, 0.6) is 5.75 Å². The highest BCUT2D eigenvalue weighted by molar-refractivity contribution is 9.11. The highest BCUT2D eigenvalue weighted by Gasteiger charge is 2.13. The van der Waals surface area contributed by atoms with Gasteiger partial charge in [-0.25, -0.2) is 8.42 Å². The minimum atomic E-state index is -3.63. The number of benzene rings is 3. The fraction of sp³-hybridized carbons (Fsp3) is 0. The van der Waals surface area contributed by atoms with Gasteiger partial charge in [-0.15, -0.1) is 0 Å². The summed E-state index contributed by atoms with van der Waals surface area (Å²) in [5.74, 6) is 0.0828. The van der Waals surface area contributed by atoms with Gasteiger partial charge in [-0.3, -0.25) is 10.1 Å². The molecular weight excluding hydrogens is 510 g/mol. The molecule has 0 aromatic heterocycles. The molecule has 28 heavy (non-hydrogen) atoms. The van der Waals surface area contributed by atoms with Crippen LogP contribution in [0.2, 0.25) is 0 Å². The molecule has 144 valence electrons. The van der Waals surface area contributed by atoms with Crippen LogP contribution in [0.1, 0.15) is 5.56 Å². The summed E-state index contributed by atoms with van der Waals surface area (Å²) < 4.78 is 28.5. The number of rotatable bonds is 6. The molecule has 0 aliphatic carbocycles. The topological polar surface area (TPSA) is 90.8 Å². The number of hydrazone groups is 1. The molecule has 0 aliphatic heterocycles. The lowest BCUT2D eigenvalue weighted by molar-refractivity contribution is 0.471. The lowest BCUT2D eigenvalue weighted by atomic mass is 10.2. The van der Waals surface area contributed by atoms with E-state index < -0.39 is 10.0 Å². The molecule has 3 rings (SSSR count). The minimum absolute atomic E-state index is 0.0828. The van der Waals surface area contributed by atoms with Crippen molar-refractivity contribution in [3.63, 3.8) is 0 Å². The number of sulfonamides is 1. The first-order valence-corrected chi connectivity index (χ1v) is 11.1. The molecule has 0 saturated carbocycles. The van der Waals surface area contributed by atoms with E-state index in [0.717, 1.165) is 4.47 Å². The van der Waals surface area contributed by atoms with E-state index >= 15 is 0 Å². The van der Waals surface area contributed by atoms with Crippen LogP contribution in [-0.2, 0) is 10.0 Å². The molecule has 0 spiro atoms. The van der Waals surface area contributed by atoms with Crippen molar-refractivity contribution in [3.8, 4) is 5.75 Å². The zero-order valence-corrected chi connectivity index (χ0v) is 18.3. The van der Waals surface area contributed by atoms with Crippen molar-refractivity contribution in [2.75, 3.05) is 10.1 Å². The van der Waals surface area contributed by atoms with Crippen molar-refractivity contribution in [1.29, 1.82) is 0 Å². The van der Waals surface area contributed by atoms with E-state index in [-0.39, 0.29) is 10.6 Å². The maximum absolute atomic E-state index is 12.3. The Morgan fingerprint density at radius 1 is 0.929 bits per heavy atom. The average Bonchev–Trinajstić information content (AvgIpc) is 2.67. The van der Waals surface area contributed by atoms with Crippen LogP contribution in [-0.4, -0.2) is 19.7 Å². The van der Waals surface area contributed by atoms with Gasteiger partial charge < -0.3 is 5.11 Å². The highest BCUT2D eigenvalue weighted by atomic mass is 79.9. The number of hydrogen-bond donors (Lipinski definition) is 3. The van der Waals surface area contributed by atoms with Crippen molar-refractivity contribution in [1.82, 2.24) is 0 Å². The summed E-state index contributed by atoms with van der Waals surface area (Å²) in [6.45, 7) is 0. The summed E-state index contributed by atoms with van der Waals surface area (Å²) in [7, 11) is -3.63. The van der Waals surface area contributed by atoms with Crippen molar-refractivity contribution in [2.24, 2.45) is 5.10 Å². The van der Waals surface area contributed by atoms with Crippen LogP contribution in [0.3, 0.4) is 0 Å². The van der Waals surface area contributed by atoms with Gasteiger partial charge >= 0.3 is 0 Å². The molecule has 0 heterocycles. The smallest absolute Gasteiger partial charge is 0.261 e. The van der Waals surface area contributed by atoms with Crippen LogP contribution in [0.4, 0.5) is 11.4 Å². The average molecular weight is 525 g/mol. The molecule has 3 aromatic rings. The number of halogens is 2. The van der Waals surface area contributed by atoms with Crippen LogP contribution in [0.25, 0.3) is 0 Å². The van der Waals surface area contributed by atoms with Crippen LogP contribution < -0.4 is 10.1 Å². The maximum atomic E-state index is 12.3. The molecule has 9 heteroatoms. The van der Waals surface area contributed by atoms with Crippen LogP contribution in [0, 0.1) is 0 Å². The fourth-order valence-electron chi connectivity index (χ4n) is 2.29. The monoisotopic (exact) mass is 523 g/mol. The summed E-state index contributed by atoms with van der Waals surface area (Å²) in [6.07, 6.45) is 1.48. The minimum Gasteiger partial charge on any atom is -0.506 e. The van der Waals surface area contributed by atoms with E-state index in [2.05, 4.69) is 47.1 Å². The van der Waals surface area contributed by atoms with E-state index in [1.165, 1.54) is 18.3 Å². The lowest BCUT2D eigenvalue weighted by Gasteiger charge is -2.08. The van der Waals surface area contributed by atoms with Gasteiger partial charge in [0.05, 0.1) is 21.3 Å². The standard InChI is InChI=1S/C19H15Br2N3O3S/c20-14-10-13(19(25)18(21)11-14)12-22-23-15-6-8-16(9-7-15)24-28(26,27)17-4-2-1-3-5-17/h1-12,23-25H/b22-12+.